The van der Waals surface area contributed by atoms with Crippen molar-refractivity contribution in [3.63, 3.8) is 0 Å². The summed E-state index contributed by atoms with van der Waals surface area (Å²) < 4.78 is 38.3. The minimum absolute atomic E-state index is 0.0119. The molecule has 1 aromatic heterocycles. The maximum atomic E-state index is 13.0. The number of hydrogen-bond donors (Lipinski definition) is 0. The van der Waals surface area contributed by atoms with Gasteiger partial charge in [0.1, 0.15) is 23.4 Å². The highest BCUT2D eigenvalue weighted by Gasteiger charge is 2.31. The molecule has 2 aromatic rings. The number of carbonyl (C=O) groups excluding carboxylic acids is 1. The molecule has 0 spiro atoms. The second-order valence-corrected chi connectivity index (χ2v) is 10.7. The lowest BCUT2D eigenvalue weighted by Crippen LogP contribution is -2.32. The van der Waals surface area contributed by atoms with Gasteiger partial charge in [0.15, 0.2) is 15.6 Å². The Hall–Kier alpha value is -2.70. The summed E-state index contributed by atoms with van der Waals surface area (Å²) in [5.74, 6) is -0.730. The number of aromatic nitrogens is 2. The molecule has 172 valence electrons. The van der Waals surface area contributed by atoms with E-state index >= 15 is 0 Å². The van der Waals surface area contributed by atoms with E-state index in [0.717, 1.165) is 16.7 Å². The lowest BCUT2D eigenvalue weighted by molar-refractivity contribution is -0.116. The number of nitriles is 1. The monoisotopic (exact) mass is 459 g/mol. The van der Waals surface area contributed by atoms with Gasteiger partial charge in [-0.05, 0) is 40.7 Å². The second-order valence-electron chi connectivity index (χ2n) is 8.69. The van der Waals surface area contributed by atoms with Crippen molar-refractivity contribution in [2.75, 3.05) is 19.5 Å². The molecule has 1 aliphatic heterocycles. The summed E-state index contributed by atoms with van der Waals surface area (Å²) in [6, 6.07) is 5.77. The fraction of sp³-hybridized carbons (Fsp3) is 0.522. The molecule has 0 amide bonds. The summed E-state index contributed by atoms with van der Waals surface area (Å²) >= 11 is 0. The molecule has 0 N–H and O–H groups in total. The summed E-state index contributed by atoms with van der Waals surface area (Å²) in [7, 11) is -2.38. The number of carbonyl (C=O) groups is 1. The van der Waals surface area contributed by atoms with Crippen molar-refractivity contribution in [1.29, 1.82) is 5.26 Å². The van der Waals surface area contributed by atoms with Crippen LogP contribution in [0.25, 0.3) is 0 Å². The van der Waals surface area contributed by atoms with Crippen LogP contribution in [0.5, 0.6) is 5.88 Å². The zero-order valence-electron chi connectivity index (χ0n) is 19.1. The lowest BCUT2D eigenvalue weighted by Gasteiger charge is -2.23. The van der Waals surface area contributed by atoms with Crippen LogP contribution in [-0.2, 0) is 32.3 Å². The van der Waals surface area contributed by atoms with Gasteiger partial charge in [0, 0.05) is 13.5 Å². The highest BCUT2D eigenvalue weighted by Crippen LogP contribution is 2.31. The molecule has 1 atom stereocenters. The minimum Gasteiger partial charge on any atom is -0.474 e. The summed E-state index contributed by atoms with van der Waals surface area (Å²) in [6.07, 6.45) is 1.01. The van der Waals surface area contributed by atoms with Gasteiger partial charge >= 0.3 is 0 Å². The van der Waals surface area contributed by atoms with Gasteiger partial charge in [-0.1, -0.05) is 27.7 Å². The number of fused-ring (bicyclic) bond motifs is 1. The van der Waals surface area contributed by atoms with Crippen LogP contribution in [-0.4, -0.2) is 49.6 Å². The van der Waals surface area contributed by atoms with Gasteiger partial charge in [0.05, 0.1) is 24.4 Å². The second kappa shape index (κ2) is 9.43. The molecule has 0 aliphatic carbocycles. The summed E-state index contributed by atoms with van der Waals surface area (Å²) in [4.78, 5) is 12.9. The Morgan fingerprint density at radius 1 is 1.28 bits per heavy atom. The number of sulfone groups is 1. The fourth-order valence-electron chi connectivity index (χ4n) is 3.96. The first-order valence-electron chi connectivity index (χ1n) is 10.6. The third-order valence-corrected chi connectivity index (χ3v) is 7.28. The van der Waals surface area contributed by atoms with E-state index in [0.29, 0.717) is 12.1 Å². The fourth-order valence-corrected chi connectivity index (χ4v) is 5.28. The third kappa shape index (κ3) is 4.87. The van der Waals surface area contributed by atoms with Crippen LogP contribution in [0.3, 0.4) is 0 Å². The Bertz CT molecular complexity index is 1130. The Morgan fingerprint density at radius 2 is 1.91 bits per heavy atom. The number of methoxy groups -OCH3 is 1. The predicted octanol–water partition coefficient (Wildman–Crippen LogP) is 2.99. The first kappa shape index (κ1) is 24.0. The average molecular weight is 460 g/mol. The summed E-state index contributed by atoms with van der Waals surface area (Å²) in [5, 5.41) is 13.5. The van der Waals surface area contributed by atoms with Crippen LogP contribution >= 0.6 is 0 Å². The topological polar surface area (TPSA) is 111 Å². The largest absolute Gasteiger partial charge is 0.474 e. The molecule has 0 bridgehead atoms. The smallest absolute Gasteiger partial charge is 0.231 e. The molecule has 8 nitrogen and oxygen atoms in total. The van der Waals surface area contributed by atoms with Crippen molar-refractivity contribution < 1.29 is 22.7 Å². The molecule has 0 saturated carbocycles. The number of Topliss-reactive ketones (excluding diaryl/α,β-unsaturated/α-hetero) is 1. The van der Waals surface area contributed by atoms with Gasteiger partial charge in [0.25, 0.3) is 0 Å². The van der Waals surface area contributed by atoms with Crippen LogP contribution in [0, 0.1) is 11.3 Å². The van der Waals surface area contributed by atoms with Gasteiger partial charge in [-0.3, -0.25) is 4.79 Å². The van der Waals surface area contributed by atoms with Crippen LogP contribution < -0.4 is 4.74 Å². The molecule has 0 radical (unpaired) electrons. The van der Waals surface area contributed by atoms with E-state index in [9.17, 15) is 18.5 Å². The highest BCUT2D eigenvalue weighted by atomic mass is 32.2. The molecule has 0 saturated heterocycles. The molecule has 32 heavy (non-hydrogen) atoms. The summed E-state index contributed by atoms with van der Waals surface area (Å²) in [6.45, 7) is 8.59. The average Bonchev–Trinajstić information content (AvgIpc) is 3.17. The Balaban J connectivity index is 1.88. The number of ketones is 1. The maximum Gasteiger partial charge on any atom is 0.231 e. The van der Waals surface area contributed by atoms with Crippen LogP contribution in [0.4, 0.5) is 0 Å². The van der Waals surface area contributed by atoms with Crippen LogP contribution in [0.2, 0.25) is 0 Å². The molecule has 0 fully saturated rings. The molecular formula is C23H29N3O5S. The maximum absolute atomic E-state index is 13.0. The first-order chi connectivity index (χ1) is 15.1. The van der Waals surface area contributed by atoms with Crippen molar-refractivity contribution >= 4 is 15.6 Å². The van der Waals surface area contributed by atoms with E-state index in [1.807, 2.05) is 27.7 Å². The van der Waals surface area contributed by atoms with E-state index in [1.165, 1.54) is 10.9 Å². The number of hydrogen-bond acceptors (Lipinski definition) is 7. The number of nitrogens with zero attached hydrogens (tertiary/aromatic N) is 3. The van der Waals surface area contributed by atoms with Gasteiger partial charge in [-0.25, -0.2) is 13.1 Å². The zero-order valence-corrected chi connectivity index (χ0v) is 19.9. The van der Waals surface area contributed by atoms with Crippen LogP contribution in [0.15, 0.2) is 23.2 Å². The minimum atomic E-state index is -3.93. The number of rotatable bonds is 8. The molecule has 2 heterocycles. The first-order valence-corrected chi connectivity index (χ1v) is 12.2. The Morgan fingerprint density at radius 3 is 2.44 bits per heavy atom. The molecule has 9 heteroatoms. The quantitative estimate of drug-likeness (QED) is 0.596. The Labute approximate surface area is 189 Å². The standard InChI is InChI=1S/C23H29N3O5S/c1-14(2)19-6-16(9-24)7-20(15(3)4)21(19)8-17(27)13-32(28,29)22-10-25-26-11-18(30-5)12-31-23(22)26/h6-7,10,14-15,18H,8,11-13H2,1-5H3. The van der Waals surface area contributed by atoms with Gasteiger partial charge in [0.2, 0.25) is 5.88 Å². The molecule has 1 aliphatic rings. The van der Waals surface area contributed by atoms with Crippen molar-refractivity contribution in [2.45, 2.75) is 63.5 Å². The molecule has 1 unspecified atom stereocenters. The van der Waals surface area contributed by atoms with Gasteiger partial charge in [-0.15, -0.1) is 0 Å². The molecule has 1 aromatic carbocycles. The molecule has 3 rings (SSSR count). The zero-order chi connectivity index (χ0) is 23.6. The van der Waals surface area contributed by atoms with E-state index in [-0.39, 0.29) is 41.7 Å². The lowest BCUT2D eigenvalue weighted by atomic mass is 9.85. The van der Waals surface area contributed by atoms with Crippen LogP contribution in [0.1, 0.15) is 61.8 Å². The number of benzene rings is 1. The highest BCUT2D eigenvalue weighted by molar-refractivity contribution is 7.92. The van der Waals surface area contributed by atoms with Gasteiger partial charge in [-0.2, -0.15) is 10.4 Å². The Kier molecular flexibility index (Phi) is 7.06. The van der Waals surface area contributed by atoms with Crippen molar-refractivity contribution in [1.82, 2.24) is 9.78 Å². The molecular weight excluding hydrogens is 430 g/mol. The van der Waals surface area contributed by atoms with Crippen molar-refractivity contribution in [2.24, 2.45) is 0 Å². The SMILES string of the molecule is COC1COc2c(S(=O)(=O)CC(=O)Cc3c(C(C)C)cc(C#N)cc3C(C)C)cnn2C1. The summed E-state index contributed by atoms with van der Waals surface area (Å²) in [5.41, 5.74) is 3.15. The third-order valence-electron chi connectivity index (χ3n) is 5.63. The number of ether oxygens (including phenoxy) is 2. The normalized spacial score (nSPS) is 16.0. The van der Waals surface area contributed by atoms with E-state index in [4.69, 9.17) is 9.47 Å². The van der Waals surface area contributed by atoms with E-state index in [2.05, 4.69) is 11.2 Å². The predicted molar refractivity (Wildman–Crippen MR) is 119 cm³/mol. The van der Waals surface area contributed by atoms with Gasteiger partial charge < -0.3 is 9.47 Å². The van der Waals surface area contributed by atoms with Crippen molar-refractivity contribution in [3.05, 3.63) is 40.6 Å². The van der Waals surface area contributed by atoms with E-state index in [1.54, 1.807) is 19.2 Å². The van der Waals surface area contributed by atoms with E-state index < -0.39 is 21.4 Å². The van der Waals surface area contributed by atoms with Crippen molar-refractivity contribution in [3.8, 4) is 11.9 Å².